The summed E-state index contributed by atoms with van der Waals surface area (Å²) in [5.41, 5.74) is 3.82. The van der Waals surface area contributed by atoms with E-state index in [1.165, 1.54) is 145 Å². The molecule has 0 N–H and O–H groups in total. The van der Waals surface area contributed by atoms with Crippen molar-refractivity contribution in [2.45, 2.75) is 156 Å². The van der Waals surface area contributed by atoms with Gasteiger partial charge in [0.1, 0.15) is 6.54 Å². The normalized spacial score (nSPS) is 11.2. The first kappa shape index (κ1) is 38.4. The van der Waals surface area contributed by atoms with E-state index < -0.39 is 0 Å². The van der Waals surface area contributed by atoms with Crippen molar-refractivity contribution in [2.75, 3.05) is 18.0 Å². The van der Waals surface area contributed by atoms with Gasteiger partial charge in [-0.3, -0.25) is 0 Å². The number of hydrogen-bond acceptors (Lipinski definition) is 1. The van der Waals surface area contributed by atoms with E-state index in [0.29, 0.717) is 0 Å². The molecule has 2 aromatic rings. The summed E-state index contributed by atoms with van der Waals surface area (Å²) >= 11 is 0. The van der Waals surface area contributed by atoms with Crippen LogP contribution in [0.1, 0.15) is 160 Å². The van der Waals surface area contributed by atoms with E-state index in [2.05, 4.69) is 91.2 Å². The summed E-state index contributed by atoms with van der Waals surface area (Å²) in [7, 11) is 0. The molecule has 0 aliphatic rings. The Morgan fingerprint density at radius 1 is 0.476 bits per heavy atom. The molecule has 0 saturated carbocycles. The van der Waals surface area contributed by atoms with Crippen molar-refractivity contribution in [1.29, 1.82) is 0 Å². The number of hydrogen-bond donors (Lipinski definition) is 0. The van der Waals surface area contributed by atoms with E-state index in [0.717, 1.165) is 19.6 Å². The van der Waals surface area contributed by atoms with Gasteiger partial charge in [-0.05, 0) is 43.5 Å². The Morgan fingerprint density at radius 2 is 0.833 bits per heavy atom. The number of unbranched alkanes of at least 4 members (excludes halogenated alkanes) is 19. The fourth-order valence-corrected chi connectivity index (χ4v) is 5.86. The highest BCUT2D eigenvalue weighted by atomic mass is 79.9. The minimum Gasteiger partial charge on any atom is -1.00 e. The summed E-state index contributed by atoms with van der Waals surface area (Å²) < 4.78 is 2.34. The highest BCUT2D eigenvalue weighted by Crippen LogP contribution is 2.17. The van der Waals surface area contributed by atoms with Gasteiger partial charge in [0.2, 0.25) is 0 Å². The van der Waals surface area contributed by atoms with Crippen LogP contribution in [0.15, 0.2) is 48.8 Å². The molecule has 1 heterocycles. The Hall–Kier alpha value is -1.61. The fourth-order valence-electron chi connectivity index (χ4n) is 5.86. The molecule has 2 rings (SSSR count). The topological polar surface area (TPSA) is 7.12 Å². The Kier molecular flexibility index (Phi) is 24.7. The van der Waals surface area contributed by atoms with E-state index in [4.69, 9.17) is 0 Å². The van der Waals surface area contributed by atoms with Gasteiger partial charge in [0.15, 0.2) is 12.4 Å². The van der Waals surface area contributed by atoms with Gasteiger partial charge in [-0.2, -0.15) is 0 Å². The third-order valence-electron chi connectivity index (χ3n) is 8.68. The molecule has 0 bridgehead atoms. The van der Waals surface area contributed by atoms with Crippen LogP contribution in [-0.2, 0) is 6.54 Å². The Morgan fingerprint density at radius 3 is 1.21 bits per heavy atom. The van der Waals surface area contributed by atoms with E-state index in [1.807, 2.05) is 0 Å². The van der Waals surface area contributed by atoms with Crippen LogP contribution in [0.3, 0.4) is 0 Å². The second-order valence-electron chi connectivity index (χ2n) is 12.2. The van der Waals surface area contributed by atoms with Gasteiger partial charge in [-0.1, -0.05) is 147 Å². The molecule has 0 spiro atoms. The second-order valence-corrected chi connectivity index (χ2v) is 12.2. The van der Waals surface area contributed by atoms with Crippen LogP contribution < -0.4 is 26.4 Å². The van der Waals surface area contributed by atoms with E-state index in [-0.39, 0.29) is 17.0 Å². The molecule has 0 amide bonds. The third kappa shape index (κ3) is 18.8. The minimum absolute atomic E-state index is 0. The maximum atomic E-state index is 2.38. The van der Waals surface area contributed by atoms with Crippen LogP contribution in [0, 0.1) is 0 Å². The lowest BCUT2D eigenvalue weighted by Gasteiger charge is -2.20. The molecule has 0 unspecified atom stereocenters. The zero-order valence-electron chi connectivity index (χ0n) is 27.8. The summed E-state index contributed by atoms with van der Waals surface area (Å²) in [6.45, 7) is 9.96. The van der Waals surface area contributed by atoms with Gasteiger partial charge in [-0.25, -0.2) is 4.57 Å². The van der Waals surface area contributed by atoms with Crippen molar-refractivity contribution in [3.8, 4) is 0 Å². The molecule has 0 aliphatic heterocycles. The number of aryl methyl sites for hydroxylation is 1. The summed E-state index contributed by atoms with van der Waals surface area (Å²) in [5.74, 6) is 0. The summed E-state index contributed by atoms with van der Waals surface area (Å²) in [6, 6.07) is 13.4. The van der Waals surface area contributed by atoms with Crippen molar-refractivity contribution in [3.05, 3.63) is 59.9 Å². The van der Waals surface area contributed by atoms with Gasteiger partial charge in [0.05, 0.1) is 0 Å². The molecule has 3 heteroatoms. The maximum absolute atomic E-state index is 2.38. The fraction of sp³-hybridized carbons (Fsp3) is 0.667. The zero-order chi connectivity index (χ0) is 29.2. The van der Waals surface area contributed by atoms with E-state index in [1.54, 1.807) is 0 Å². The van der Waals surface area contributed by atoms with Crippen LogP contribution >= 0.6 is 0 Å². The minimum atomic E-state index is 0. The van der Waals surface area contributed by atoms with Crippen LogP contribution in [0.25, 0.3) is 12.2 Å². The monoisotopic (exact) mass is 640 g/mol. The van der Waals surface area contributed by atoms with Gasteiger partial charge >= 0.3 is 0 Å². The maximum Gasteiger partial charge on any atom is 0.169 e. The Labute approximate surface area is 272 Å². The molecule has 1 aromatic carbocycles. The predicted molar refractivity (Wildman–Crippen MR) is 184 cm³/mol. The van der Waals surface area contributed by atoms with Gasteiger partial charge in [0.25, 0.3) is 0 Å². The lowest BCUT2D eigenvalue weighted by Crippen LogP contribution is -3.00. The molecule has 0 radical (unpaired) electrons. The smallest absolute Gasteiger partial charge is 0.169 e. The number of halogens is 1. The quantitative estimate of drug-likeness (QED) is 0.0736. The number of benzene rings is 1. The first-order valence-electron chi connectivity index (χ1n) is 17.8. The number of anilines is 1. The summed E-state index contributed by atoms with van der Waals surface area (Å²) in [4.78, 5) is 2.38. The van der Waals surface area contributed by atoms with Crippen LogP contribution in [0.4, 0.5) is 5.69 Å². The molecule has 0 fully saturated rings. The predicted octanol–water partition coefficient (Wildman–Crippen LogP) is 8.82. The van der Waals surface area contributed by atoms with E-state index in [9.17, 15) is 0 Å². The molecule has 0 aliphatic carbocycles. The zero-order valence-corrected chi connectivity index (χ0v) is 29.4. The highest BCUT2D eigenvalue weighted by Gasteiger charge is 2.02. The number of rotatable bonds is 26. The highest BCUT2D eigenvalue weighted by molar-refractivity contribution is 5.70. The number of nitrogens with zero attached hydrogens (tertiary/aromatic N) is 2. The molecule has 0 atom stereocenters. The number of aromatic nitrogens is 1. The van der Waals surface area contributed by atoms with Crippen LogP contribution in [0.5, 0.6) is 0 Å². The lowest BCUT2D eigenvalue weighted by atomic mass is 10.0. The largest absolute Gasteiger partial charge is 1.00 e. The standard InChI is InChI=1S/C39H65N2.BrH/c1-4-7-8-9-10-11-12-13-14-15-16-17-18-19-20-21-22-23-24-25-34-40-35-32-38(33-36-40)27-26-37-28-30-39(31-29-37)41(5-2)6-3;/h26-33,35-36H,4-25,34H2,1-3H3;1H/q+1;/p-1. The van der Waals surface area contributed by atoms with Gasteiger partial charge in [-0.15, -0.1) is 0 Å². The Bertz CT molecular complexity index is 870. The van der Waals surface area contributed by atoms with Crippen molar-refractivity contribution >= 4 is 17.8 Å². The second kappa shape index (κ2) is 27.0. The average molecular weight is 642 g/mol. The van der Waals surface area contributed by atoms with Crippen molar-refractivity contribution in [3.63, 3.8) is 0 Å². The molecule has 1 aromatic heterocycles. The van der Waals surface area contributed by atoms with Gasteiger partial charge in [0, 0.05) is 37.3 Å². The molecular formula is C39H65BrN2. The van der Waals surface area contributed by atoms with Gasteiger partial charge < -0.3 is 21.9 Å². The molecular weight excluding hydrogens is 576 g/mol. The van der Waals surface area contributed by atoms with Crippen molar-refractivity contribution < 1.29 is 21.5 Å². The number of pyridine rings is 1. The SMILES string of the molecule is CCCCCCCCCCCCCCCCCCCCCC[n+]1ccc(C=Cc2ccc(N(CC)CC)cc2)cc1.[Br-]. The summed E-state index contributed by atoms with van der Waals surface area (Å²) in [5, 5.41) is 0. The summed E-state index contributed by atoms with van der Waals surface area (Å²) in [6.07, 6.45) is 37.7. The molecule has 238 valence electrons. The third-order valence-corrected chi connectivity index (χ3v) is 8.68. The molecule has 2 nitrogen and oxygen atoms in total. The Balaban J connectivity index is 0.00000882. The first-order valence-corrected chi connectivity index (χ1v) is 17.8. The van der Waals surface area contributed by atoms with Crippen molar-refractivity contribution in [1.82, 2.24) is 0 Å². The van der Waals surface area contributed by atoms with E-state index >= 15 is 0 Å². The molecule has 0 saturated heterocycles. The van der Waals surface area contributed by atoms with Crippen molar-refractivity contribution in [2.24, 2.45) is 0 Å². The van der Waals surface area contributed by atoms with Crippen LogP contribution in [0.2, 0.25) is 0 Å². The average Bonchev–Trinajstić information content (AvgIpc) is 3.01. The van der Waals surface area contributed by atoms with Crippen LogP contribution in [-0.4, -0.2) is 13.1 Å². The lowest BCUT2D eigenvalue weighted by molar-refractivity contribution is -0.697. The molecule has 42 heavy (non-hydrogen) atoms. The first-order chi connectivity index (χ1) is 20.3.